The number of halogens is 1. The third kappa shape index (κ3) is 3.48. The van der Waals surface area contributed by atoms with Crippen molar-refractivity contribution in [3.05, 3.63) is 39.3 Å². The maximum Gasteiger partial charge on any atom is 0.179 e. The summed E-state index contributed by atoms with van der Waals surface area (Å²) in [6, 6.07) is 4.04. The second-order valence-corrected chi connectivity index (χ2v) is 6.13. The molecule has 1 atom stereocenters. The number of hydrogen-bond donors (Lipinski definition) is 1. The van der Waals surface area contributed by atoms with Crippen LogP contribution in [0.3, 0.4) is 0 Å². The van der Waals surface area contributed by atoms with Crippen LogP contribution in [0, 0.1) is 0 Å². The van der Waals surface area contributed by atoms with Crippen molar-refractivity contribution in [3.8, 4) is 11.5 Å². The molecule has 0 amide bonds. The number of rotatable bonds is 6. The average molecular weight is 327 g/mol. The minimum Gasteiger partial charge on any atom is -0.493 e. The summed E-state index contributed by atoms with van der Waals surface area (Å²) < 4.78 is 10.7. The molecule has 1 unspecified atom stereocenters. The Bertz CT molecular complexity index is 588. The normalized spacial score (nSPS) is 12.5. The maximum atomic E-state index is 6.52. The lowest BCUT2D eigenvalue weighted by Crippen LogP contribution is -2.29. The van der Waals surface area contributed by atoms with Crippen LogP contribution >= 0.6 is 22.9 Å². The molecule has 1 aromatic carbocycles. The van der Waals surface area contributed by atoms with E-state index in [0.717, 1.165) is 10.6 Å². The Morgan fingerprint density at radius 2 is 2.00 bits per heavy atom. The highest BCUT2D eigenvalue weighted by Crippen LogP contribution is 2.41. The topological polar surface area (TPSA) is 43.4 Å². The minimum atomic E-state index is -0.0719. The van der Waals surface area contributed by atoms with Crippen LogP contribution in [-0.2, 0) is 0 Å². The van der Waals surface area contributed by atoms with Gasteiger partial charge in [-0.05, 0) is 25.5 Å². The van der Waals surface area contributed by atoms with Crippen molar-refractivity contribution >= 4 is 22.9 Å². The van der Waals surface area contributed by atoms with E-state index in [2.05, 4.69) is 24.1 Å². The first kappa shape index (κ1) is 16.1. The van der Waals surface area contributed by atoms with Crippen molar-refractivity contribution in [3.63, 3.8) is 0 Å². The molecule has 0 saturated carbocycles. The lowest BCUT2D eigenvalue weighted by Gasteiger charge is -2.22. The van der Waals surface area contributed by atoms with Gasteiger partial charge in [-0.15, -0.1) is 11.3 Å². The third-order valence-corrected chi connectivity index (χ3v) is 4.25. The number of benzene rings is 1. The number of nitrogens with zero attached hydrogens (tertiary/aromatic N) is 1. The lowest BCUT2D eigenvalue weighted by atomic mass is 10.1. The predicted octanol–water partition coefficient (Wildman–Crippen LogP) is 3.90. The van der Waals surface area contributed by atoms with Gasteiger partial charge in [0.2, 0.25) is 0 Å². The van der Waals surface area contributed by atoms with E-state index in [4.69, 9.17) is 21.1 Å². The Kier molecular flexibility index (Phi) is 5.45. The zero-order valence-electron chi connectivity index (χ0n) is 12.5. The molecule has 4 nitrogen and oxygen atoms in total. The predicted molar refractivity (Wildman–Crippen MR) is 86.8 cm³/mol. The highest BCUT2D eigenvalue weighted by Gasteiger charge is 2.23. The Hall–Kier alpha value is -1.30. The Balaban J connectivity index is 2.50. The fourth-order valence-electron chi connectivity index (χ4n) is 2.13. The maximum absolute atomic E-state index is 6.52. The zero-order chi connectivity index (χ0) is 15.4. The molecular weight excluding hydrogens is 308 g/mol. The van der Waals surface area contributed by atoms with Crippen molar-refractivity contribution in [2.45, 2.75) is 25.9 Å². The highest BCUT2D eigenvalue weighted by atomic mass is 35.5. The van der Waals surface area contributed by atoms with Crippen LogP contribution < -0.4 is 14.8 Å². The molecule has 0 saturated heterocycles. The van der Waals surface area contributed by atoms with E-state index in [-0.39, 0.29) is 6.04 Å². The zero-order valence-corrected chi connectivity index (χ0v) is 14.1. The van der Waals surface area contributed by atoms with E-state index in [1.807, 2.05) is 17.5 Å². The molecule has 0 aliphatic carbocycles. The molecule has 1 N–H and O–H groups in total. The summed E-state index contributed by atoms with van der Waals surface area (Å²) in [5.41, 5.74) is 0.929. The molecule has 0 aliphatic rings. The van der Waals surface area contributed by atoms with Gasteiger partial charge in [-0.3, -0.25) is 0 Å². The first-order chi connectivity index (χ1) is 10.1. The summed E-state index contributed by atoms with van der Waals surface area (Å²) in [7, 11) is 3.18. The number of ether oxygens (including phenoxy) is 2. The number of hydrogen-bond acceptors (Lipinski definition) is 5. The number of aromatic nitrogens is 1. The molecule has 1 heterocycles. The molecule has 1 aromatic heterocycles. The number of methoxy groups -OCH3 is 2. The number of nitrogens with one attached hydrogen (secondary N) is 1. The summed E-state index contributed by atoms with van der Waals surface area (Å²) >= 11 is 8.12. The second-order valence-electron chi connectivity index (χ2n) is 4.83. The van der Waals surface area contributed by atoms with Crippen LogP contribution in [0.5, 0.6) is 11.5 Å². The first-order valence-electron chi connectivity index (χ1n) is 6.64. The third-order valence-electron chi connectivity index (χ3n) is 3.02. The van der Waals surface area contributed by atoms with Gasteiger partial charge < -0.3 is 14.8 Å². The second kappa shape index (κ2) is 7.11. The summed E-state index contributed by atoms with van der Waals surface area (Å²) in [5, 5.41) is 6.97. The molecule has 2 aromatic rings. The van der Waals surface area contributed by atoms with Crippen LogP contribution in [0.2, 0.25) is 5.02 Å². The van der Waals surface area contributed by atoms with Crippen LogP contribution in [0.25, 0.3) is 0 Å². The fourth-order valence-corrected chi connectivity index (χ4v) is 3.19. The van der Waals surface area contributed by atoms with Gasteiger partial charge in [0.1, 0.15) is 5.01 Å². The molecule has 0 bridgehead atoms. The summed E-state index contributed by atoms with van der Waals surface area (Å²) in [6.45, 7) is 4.19. The van der Waals surface area contributed by atoms with Gasteiger partial charge in [0.05, 0.1) is 25.3 Å². The van der Waals surface area contributed by atoms with Gasteiger partial charge in [-0.2, -0.15) is 0 Å². The molecule has 21 heavy (non-hydrogen) atoms. The van der Waals surface area contributed by atoms with E-state index in [1.54, 1.807) is 31.8 Å². The average Bonchev–Trinajstić information content (AvgIpc) is 2.98. The molecule has 0 radical (unpaired) electrons. The summed E-state index contributed by atoms with van der Waals surface area (Å²) in [5.74, 6) is 1.16. The van der Waals surface area contributed by atoms with Gasteiger partial charge in [-0.25, -0.2) is 4.98 Å². The van der Waals surface area contributed by atoms with Gasteiger partial charge in [0, 0.05) is 17.6 Å². The molecule has 0 fully saturated rings. The Morgan fingerprint density at radius 1 is 1.24 bits per heavy atom. The SMILES string of the molecule is COc1ccc(C(NC(C)C)c2nccs2)c(Cl)c1OC. The minimum absolute atomic E-state index is 0.0719. The molecule has 6 heteroatoms. The smallest absolute Gasteiger partial charge is 0.179 e. The molecule has 0 spiro atoms. The molecule has 2 rings (SSSR count). The lowest BCUT2D eigenvalue weighted by molar-refractivity contribution is 0.354. The van der Waals surface area contributed by atoms with Crippen LogP contribution in [0.15, 0.2) is 23.7 Å². The number of thiazole rings is 1. The first-order valence-corrected chi connectivity index (χ1v) is 7.90. The monoisotopic (exact) mass is 326 g/mol. The van der Waals surface area contributed by atoms with E-state index < -0.39 is 0 Å². The van der Waals surface area contributed by atoms with Crippen molar-refractivity contribution in [1.82, 2.24) is 10.3 Å². The quantitative estimate of drug-likeness (QED) is 0.874. The molecule has 114 valence electrons. The van der Waals surface area contributed by atoms with Gasteiger partial charge in [0.15, 0.2) is 11.5 Å². The highest BCUT2D eigenvalue weighted by molar-refractivity contribution is 7.09. The van der Waals surface area contributed by atoms with Crippen molar-refractivity contribution in [2.75, 3.05) is 14.2 Å². The van der Waals surface area contributed by atoms with E-state index in [0.29, 0.717) is 22.6 Å². The molecule has 0 aliphatic heterocycles. The van der Waals surface area contributed by atoms with Crippen LogP contribution in [-0.4, -0.2) is 25.2 Å². The van der Waals surface area contributed by atoms with E-state index >= 15 is 0 Å². The standard InChI is InChI=1S/C15H19ClN2O2S/c1-9(2)18-13(15-17-7-8-21-15)10-5-6-11(19-3)14(20-4)12(10)16/h5-9,13,18H,1-4H3. The fraction of sp³-hybridized carbons (Fsp3) is 0.400. The Morgan fingerprint density at radius 3 is 2.52 bits per heavy atom. The van der Waals surface area contributed by atoms with Crippen molar-refractivity contribution in [1.29, 1.82) is 0 Å². The summed E-state index contributed by atoms with van der Waals surface area (Å²) in [4.78, 5) is 4.41. The largest absolute Gasteiger partial charge is 0.493 e. The van der Waals surface area contributed by atoms with Gasteiger partial charge >= 0.3 is 0 Å². The Labute approximate surface area is 134 Å². The van der Waals surface area contributed by atoms with Gasteiger partial charge in [0.25, 0.3) is 0 Å². The summed E-state index contributed by atoms with van der Waals surface area (Å²) in [6.07, 6.45) is 1.80. The molecular formula is C15H19ClN2O2S. The van der Waals surface area contributed by atoms with E-state index in [9.17, 15) is 0 Å². The van der Waals surface area contributed by atoms with E-state index in [1.165, 1.54) is 0 Å². The van der Waals surface area contributed by atoms with Crippen molar-refractivity contribution in [2.24, 2.45) is 0 Å². The van der Waals surface area contributed by atoms with Crippen LogP contribution in [0.1, 0.15) is 30.5 Å². The van der Waals surface area contributed by atoms with Crippen molar-refractivity contribution < 1.29 is 9.47 Å². The van der Waals surface area contributed by atoms with Gasteiger partial charge in [-0.1, -0.05) is 17.7 Å². The van der Waals surface area contributed by atoms with Crippen LogP contribution in [0.4, 0.5) is 0 Å².